The molecule has 2 aromatic rings. The Labute approximate surface area is 107 Å². The maximum Gasteiger partial charge on any atom is 0.136 e. The van der Waals surface area contributed by atoms with Crippen LogP contribution < -0.4 is 5.32 Å². The summed E-state index contributed by atoms with van der Waals surface area (Å²) in [4.78, 5) is 4.33. The van der Waals surface area contributed by atoms with E-state index in [1.807, 2.05) is 37.5 Å². The van der Waals surface area contributed by atoms with Gasteiger partial charge in [0.1, 0.15) is 5.65 Å². The van der Waals surface area contributed by atoms with Gasteiger partial charge in [-0.25, -0.2) is 4.98 Å². The highest BCUT2D eigenvalue weighted by Crippen LogP contribution is 2.05. The van der Waals surface area contributed by atoms with Crippen molar-refractivity contribution in [2.45, 2.75) is 13.5 Å². The van der Waals surface area contributed by atoms with Gasteiger partial charge in [0.15, 0.2) is 0 Å². The third kappa shape index (κ3) is 3.70. The summed E-state index contributed by atoms with van der Waals surface area (Å²) in [6, 6.07) is 6.01. The number of hydrogen-bond acceptors (Lipinski definition) is 3. The lowest BCUT2D eigenvalue weighted by molar-refractivity contribution is 0.149. The number of pyridine rings is 1. The number of nitrogens with one attached hydrogen (secondary N) is 1. The average Bonchev–Trinajstić information content (AvgIpc) is 2.73. The lowest BCUT2D eigenvalue weighted by Crippen LogP contribution is -2.20. The van der Waals surface area contributed by atoms with Crippen molar-refractivity contribution in [2.75, 3.05) is 19.8 Å². The smallest absolute Gasteiger partial charge is 0.136 e. The van der Waals surface area contributed by atoms with E-state index < -0.39 is 0 Å². The standard InChI is InChI=1S/C12H17N3O.ClH/c1-2-16-8-6-13-9-11-10-14-12-5-3-4-7-15(11)12;/h3-5,7,10,13H,2,6,8-9H2,1H3;1H. The molecule has 94 valence electrons. The third-order valence-electron chi connectivity index (χ3n) is 2.43. The zero-order valence-electron chi connectivity index (χ0n) is 9.93. The van der Waals surface area contributed by atoms with Crippen LogP contribution in [0.4, 0.5) is 0 Å². The third-order valence-corrected chi connectivity index (χ3v) is 2.43. The minimum Gasteiger partial charge on any atom is -0.380 e. The number of imidazole rings is 1. The quantitative estimate of drug-likeness (QED) is 0.801. The molecule has 2 aromatic heterocycles. The summed E-state index contributed by atoms with van der Waals surface area (Å²) in [5.74, 6) is 0. The van der Waals surface area contributed by atoms with Crippen molar-refractivity contribution in [1.29, 1.82) is 0 Å². The molecule has 0 saturated heterocycles. The van der Waals surface area contributed by atoms with Crippen LogP contribution in [0.15, 0.2) is 30.6 Å². The van der Waals surface area contributed by atoms with Crippen molar-refractivity contribution in [3.8, 4) is 0 Å². The minimum atomic E-state index is 0. The molecule has 0 amide bonds. The Bertz CT molecular complexity index is 444. The van der Waals surface area contributed by atoms with Crippen LogP contribution in [0.2, 0.25) is 0 Å². The van der Waals surface area contributed by atoms with Crippen molar-refractivity contribution in [1.82, 2.24) is 14.7 Å². The van der Waals surface area contributed by atoms with Crippen molar-refractivity contribution >= 4 is 18.1 Å². The van der Waals surface area contributed by atoms with E-state index in [-0.39, 0.29) is 12.4 Å². The normalized spacial score (nSPS) is 10.4. The van der Waals surface area contributed by atoms with E-state index in [9.17, 15) is 0 Å². The fraction of sp³-hybridized carbons (Fsp3) is 0.417. The molecule has 0 fully saturated rings. The van der Waals surface area contributed by atoms with Crippen LogP contribution in [0.5, 0.6) is 0 Å². The molecule has 0 unspecified atom stereocenters. The molecule has 0 aliphatic rings. The molecule has 0 aliphatic carbocycles. The predicted molar refractivity (Wildman–Crippen MR) is 70.6 cm³/mol. The monoisotopic (exact) mass is 255 g/mol. The van der Waals surface area contributed by atoms with Gasteiger partial charge in [-0.3, -0.25) is 0 Å². The molecule has 0 bridgehead atoms. The number of rotatable bonds is 6. The van der Waals surface area contributed by atoms with E-state index in [1.165, 1.54) is 5.69 Å². The topological polar surface area (TPSA) is 38.6 Å². The van der Waals surface area contributed by atoms with Crippen LogP contribution in [0.1, 0.15) is 12.6 Å². The van der Waals surface area contributed by atoms with E-state index in [0.29, 0.717) is 0 Å². The predicted octanol–water partition coefficient (Wildman–Crippen LogP) is 1.88. The first-order valence-corrected chi connectivity index (χ1v) is 5.61. The van der Waals surface area contributed by atoms with E-state index >= 15 is 0 Å². The number of hydrogen-bond donors (Lipinski definition) is 1. The van der Waals surface area contributed by atoms with Crippen LogP contribution in [-0.2, 0) is 11.3 Å². The minimum absolute atomic E-state index is 0. The van der Waals surface area contributed by atoms with Gasteiger partial charge in [-0.05, 0) is 19.1 Å². The second kappa shape index (κ2) is 7.27. The Hall–Kier alpha value is -1.10. The van der Waals surface area contributed by atoms with Crippen molar-refractivity contribution in [3.05, 3.63) is 36.3 Å². The Morgan fingerprint density at radius 2 is 2.29 bits per heavy atom. The summed E-state index contributed by atoms with van der Waals surface area (Å²) in [5, 5.41) is 3.33. The summed E-state index contributed by atoms with van der Waals surface area (Å²) in [6.07, 6.45) is 3.94. The molecule has 0 atom stereocenters. The van der Waals surface area contributed by atoms with Crippen molar-refractivity contribution < 1.29 is 4.74 Å². The molecule has 0 saturated carbocycles. The van der Waals surface area contributed by atoms with Gasteiger partial charge >= 0.3 is 0 Å². The average molecular weight is 256 g/mol. The lowest BCUT2D eigenvalue weighted by atomic mass is 10.4. The van der Waals surface area contributed by atoms with Gasteiger partial charge in [0.05, 0.1) is 18.5 Å². The van der Waals surface area contributed by atoms with Gasteiger partial charge in [0.25, 0.3) is 0 Å². The summed E-state index contributed by atoms with van der Waals surface area (Å²) in [5.41, 5.74) is 2.16. The van der Waals surface area contributed by atoms with Gasteiger partial charge in [-0.15, -0.1) is 12.4 Å². The highest BCUT2D eigenvalue weighted by Gasteiger charge is 2.00. The first-order valence-electron chi connectivity index (χ1n) is 5.61. The molecular weight excluding hydrogens is 238 g/mol. The number of ether oxygens (including phenoxy) is 1. The Morgan fingerprint density at radius 3 is 3.12 bits per heavy atom. The van der Waals surface area contributed by atoms with Crippen LogP contribution in [-0.4, -0.2) is 29.1 Å². The van der Waals surface area contributed by atoms with E-state index in [4.69, 9.17) is 4.74 Å². The van der Waals surface area contributed by atoms with Crippen LogP contribution in [0.3, 0.4) is 0 Å². The van der Waals surface area contributed by atoms with Crippen LogP contribution >= 0.6 is 12.4 Å². The summed E-state index contributed by atoms with van der Waals surface area (Å²) in [6.45, 7) is 5.22. The summed E-state index contributed by atoms with van der Waals surface area (Å²) in [7, 11) is 0. The zero-order chi connectivity index (χ0) is 11.2. The highest BCUT2D eigenvalue weighted by molar-refractivity contribution is 5.85. The lowest BCUT2D eigenvalue weighted by Gasteiger charge is -2.04. The summed E-state index contributed by atoms with van der Waals surface area (Å²) >= 11 is 0. The maximum absolute atomic E-state index is 5.26. The molecule has 2 heterocycles. The fourth-order valence-electron chi connectivity index (χ4n) is 1.62. The SMILES string of the molecule is CCOCCNCc1cnc2ccccn12.Cl. The molecule has 0 spiro atoms. The van der Waals surface area contributed by atoms with Gasteiger partial charge < -0.3 is 14.5 Å². The molecule has 1 N–H and O–H groups in total. The van der Waals surface area contributed by atoms with Crippen molar-refractivity contribution in [2.24, 2.45) is 0 Å². The first-order chi connectivity index (χ1) is 7.92. The number of nitrogens with zero attached hydrogens (tertiary/aromatic N) is 2. The van der Waals surface area contributed by atoms with E-state index in [0.717, 1.165) is 32.0 Å². The fourth-order valence-corrected chi connectivity index (χ4v) is 1.62. The van der Waals surface area contributed by atoms with Gasteiger partial charge in [0, 0.05) is 25.9 Å². The largest absolute Gasteiger partial charge is 0.380 e. The van der Waals surface area contributed by atoms with Gasteiger partial charge in [0.2, 0.25) is 0 Å². The maximum atomic E-state index is 5.26. The zero-order valence-corrected chi connectivity index (χ0v) is 10.7. The molecule has 0 aliphatic heterocycles. The van der Waals surface area contributed by atoms with Gasteiger partial charge in [-0.1, -0.05) is 6.07 Å². The summed E-state index contributed by atoms with van der Waals surface area (Å²) < 4.78 is 7.35. The molecule has 17 heavy (non-hydrogen) atoms. The molecule has 4 nitrogen and oxygen atoms in total. The number of aromatic nitrogens is 2. The second-order valence-electron chi connectivity index (χ2n) is 3.55. The van der Waals surface area contributed by atoms with Gasteiger partial charge in [-0.2, -0.15) is 0 Å². The van der Waals surface area contributed by atoms with Crippen LogP contribution in [0, 0.1) is 0 Å². The van der Waals surface area contributed by atoms with Crippen LogP contribution in [0.25, 0.3) is 5.65 Å². The first kappa shape index (κ1) is 14.0. The Morgan fingerprint density at radius 1 is 1.41 bits per heavy atom. The van der Waals surface area contributed by atoms with E-state index in [2.05, 4.69) is 14.7 Å². The van der Waals surface area contributed by atoms with Crippen molar-refractivity contribution in [3.63, 3.8) is 0 Å². The number of halogens is 1. The Balaban J connectivity index is 0.00000144. The molecule has 0 radical (unpaired) electrons. The highest BCUT2D eigenvalue weighted by atomic mass is 35.5. The number of fused-ring (bicyclic) bond motifs is 1. The molecule has 5 heteroatoms. The molecular formula is C12H18ClN3O. The molecule has 2 rings (SSSR count). The molecule has 0 aromatic carbocycles. The second-order valence-corrected chi connectivity index (χ2v) is 3.55. The van der Waals surface area contributed by atoms with E-state index in [1.54, 1.807) is 0 Å². The Kier molecular flexibility index (Phi) is 5.97.